The lowest BCUT2D eigenvalue weighted by atomic mass is 10.0. The van der Waals surface area contributed by atoms with Crippen molar-refractivity contribution >= 4 is 17.5 Å². The van der Waals surface area contributed by atoms with E-state index in [4.69, 9.17) is 31.3 Å². The molecule has 1 aliphatic rings. The second-order valence-corrected chi connectivity index (χ2v) is 4.08. The third-order valence-electron chi connectivity index (χ3n) is 2.74. The molecule has 0 atom stereocenters. The highest BCUT2D eigenvalue weighted by Gasteiger charge is 2.23. The number of nitrogens with zero attached hydrogens (tertiary/aromatic N) is 1. The maximum absolute atomic E-state index is 6.22. The monoisotopic (exact) mass is 252 g/mol. The number of benzene rings is 1. The van der Waals surface area contributed by atoms with Gasteiger partial charge in [0, 0.05) is 0 Å². The third-order valence-corrected chi connectivity index (χ3v) is 3.19. The Morgan fingerprint density at radius 3 is 2.88 bits per heavy atom. The van der Waals surface area contributed by atoms with E-state index in [1.807, 2.05) is 13.0 Å². The van der Waals surface area contributed by atoms with E-state index in [1.165, 1.54) is 0 Å². The van der Waals surface area contributed by atoms with E-state index >= 15 is 0 Å². The Morgan fingerprint density at radius 1 is 1.35 bits per heavy atom. The van der Waals surface area contributed by atoms with Crippen LogP contribution >= 0.6 is 11.6 Å². The summed E-state index contributed by atoms with van der Waals surface area (Å²) in [4.78, 5) is 0. The summed E-state index contributed by atoms with van der Waals surface area (Å²) in [6.07, 6.45) is 1.55. The molecule has 0 aliphatic carbocycles. The van der Waals surface area contributed by atoms with Crippen LogP contribution in [-0.2, 0) is 0 Å². The molecule has 1 aromatic heterocycles. The maximum Gasteiger partial charge on any atom is 0.231 e. The van der Waals surface area contributed by atoms with Gasteiger partial charge in [-0.05, 0) is 24.1 Å². The van der Waals surface area contributed by atoms with Crippen molar-refractivity contribution in [2.24, 2.45) is 0 Å². The molecular formula is C11H9ClN2O3. The van der Waals surface area contributed by atoms with Crippen LogP contribution in [0.15, 0.2) is 16.8 Å². The standard InChI is InChI=1S/C11H9ClN2O3/c1-5-6(7-3-14-17-11(7)13)2-8-10(9(5)12)16-4-15-8/h2-3H,4,13H2,1H3. The number of aromatic nitrogens is 1. The van der Waals surface area contributed by atoms with Crippen LogP contribution in [0.1, 0.15) is 5.56 Å². The summed E-state index contributed by atoms with van der Waals surface area (Å²) < 4.78 is 15.4. The highest BCUT2D eigenvalue weighted by Crippen LogP contribution is 2.46. The van der Waals surface area contributed by atoms with E-state index < -0.39 is 0 Å². The molecule has 3 rings (SSSR count). The summed E-state index contributed by atoms with van der Waals surface area (Å²) >= 11 is 6.22. The molecule has 0 fully saturated rings. The number of nitrogens with two attached hydrogens (primary N) is 1. The van der Waals surface area contributed by atoms with Crippen LogP contribution < -0.4 is 15.2 Å². The molecule has 2 N–H and O–H groups in total. The Hall–Kier alpha value is -1.88. The Bertz CT molecular complexity index is 595. The molecule has 0 unspecified atom stereocenters. The smallest absolute Gasteiger partial charge is 0.231 e. The van der Waals surface area contributed by atoms with Crippen molar-refractivity contribution in [2.75, 3.05) is 12.5 Å². The molecule has 0 saturated heterocycles. The van der Waals surface area contributed by atoms with Gasteiger partial charge < -0.3 is 19.7 Å². The van der Waals surface area contributed by atoms with E-state index in [0.29, 0.717) is 22.1 Å². The minimum absolute atomic E-state index is 0.178. The molecule has 0 bridgehead atoms. The van der Waals surface area contributed by atoms with E-state index in [2.05, 4.69) is 5.16 Å². The molecule has 6 heteroatoms. The quantitative estimate of drug-likeness (QED) is 0.845. The number of hydrogen-bond acceptors (Lipinski definition) is 5. The van der Waals surface area contributed by atoms with Crippen LogP contribution in [0.2, 0.25) is 5.02 Å². The Balaban J connectivity index is 2.25. The zero-order valence-corrected chi connectivity index (χ0v) is 9.75. The number of nitrogen functional groups attached to an aromatic ring is 1. The fourth-order valence-corrected chi connectivity index (χ4v) is 2.08. The molecule has 0 radical (unpaired) electrons. The summed E-state index contributed by atoms with van der Waals surface area (Å²) in [5.41, 5.74) is 8.07. The Labute approximate surface area is 102 Å². The van der Waals surface area contributed by atoms with Crippen LogP contribution in [-0.4, -0.2) is 11.9 Å². The summed E-state index contributed by atoms with van der Waals surface area (Å²) in [5, 5.41) is 4.17. The first-order valence-corrected chi connectivity index (χ1v) is 5.35. The van der Waals surface area contributed by atoms with E-state index in [-0.39, 0.29) is 12.7 Å². The molecule has 2 heterocycles. The third kappa shape index (κ3) is 1.43. The molecule has 0 spiro atoms. The van der Waals surface area contributed by atoms with Crippen molar-refractivity contribution in [2.45, 2.75) is 6.92 Å². The minimum atomic E-state index is 0.178. The molecular weight excluding hydrogens is 244 g/mol. The Morgan fingerprint density at radius 2 is 2.18 bits per heavy atom. The molecule has 0 saturated carbocycles. The van der Waals surface area contributed by atoms with Crippen molar-refractivity contribution in [3.8, 4) is 22.6 Å². The second kappa shape index (κ2) is 3.56. The van der Waals surface area contributed by atoms with Crippen molar-refractivity contribution in [3.63, 3.8) is 0 Å². The summed E-state index contributed by atoms with van der Waals surface area (Å²) in [7, 11) is 0. The highest BCUT2D eigenvalue weighted by atomic mass is 35.5. The second-order valence-electron chi connectivity index (χ2n) is 3.70. The van der Waals surface area contributed by atoms with Gasteiger partial charge in [0.25, 0.3) is 0 Å². The summed E-state index contributed by atoms with van der Waals surface area (Å²) in [6.45, 7) is 2.06. The predicted octanol–water partition coefficient (Wildman–Crippen LogP) is 2.61. The van der Waals surface area contributed by atoms with Crippen LogP contribution in [0.5, 0.6) is 11.5 Å². The Kier molecular flexibility index (Phi) is 2.16. The van der Waals surface area contributed by atoms with Gasteiger partial charge >= 0.3 is 0 Å². The zero-order chi connectivity index (χ0) is 12.0. The van der Waals surface area contributed by atoms with Gasteiger partial charge in [0.2, 0.25) is 12.7 Å². The van der Waals surface area contributed by atoms with Crippen molar-refractivity contribution in [1.82, 2.24) is 5.16 Å². The van der Waals surface area contributed by atoms with Gasteiger partial charge in [-0.15, -0.1) is 0 Å². The lowest BCUT2D eigenvalue weighted by Gasteiger charge is -2.08. The average Bonchev–Trinajstić information content (AvgIpc) is 2.92. The van der Waals surface area contributed by atoms with Crippen LogP contribution in [0.4, 0.5) is 5.88 Å². The van der Waals surface area contributed by atoms with Gasteiger partial charge in [0.05, 0.1) is 16.8 Å². The van der Waals surface area contributed by atoms with Crippen molar-refractivity contribution < 1.29 is 14.0 Å². The number of rotatable bonds is 1. The lowest BCUT2D eigenvalue weighted by molar-refractivity contribution is 0.174. The molecule has 0 amide bonds. The highest BCUT2D eigenvalue weighted by molar-refractivity contribution is 6.33. The number of fused-ring (bicyclic) bond motifs is 1. The van der Waals surface area contributed by atoms with Gasteiger partial charge in [-0.2, -0.15) is 0 Å². The first kappa shape index (κ1) is 10.3. The van der Waals surface area contributed by atoms with Gasteiger partial charge in [-0.3, -0.25) is 0 Å². The maximum atomic E-state index is 6.22. The van der Waals surface area contributed by atoms with Crippen molar-refractivity contribution in [3.05, 3.63) is 22.8 Å². The predicted molar refractivity (Wildman–Crippen MR) is 62.2 cm³/mol. The van der Waals surface area contributed by atoms with Crippen molar-refractivity contribution in [1.29, 1.82) is 0 Å². The van der Waals surface area contributed by atoms with Gasteiger partial charge in [0.1, 0.15) is 0 Å². The molecule has 17 heavy (non-hydrogen) atoms. The fourth-order valence-electron chi connectivity index (χ4n) is 1.83. The van der Waals surface area contributed by atoms with E-state index in [9.17, 15) is 0 Å². The number of ether oxygens (including phenoxy) is 2. The first-order chi connectivity index (χ1) is 8.18. The lowest BCUT2D eigenvalue weighted by Crippen LogP contribution is -1.93. The largest absolute Gasteiger partial charge is 0.454 e. The molecule has 1 aliphatic heterocycles. The topological polar surface area (TPSA) is 70.5 Å². The zero-order valence-electron chi connectivity index (χ0n) is 8.99. The molecule has 2 aromatic rings. The first-order valence-electron chi connectivity index (χ1n) is 4.97. The van der Waals surface area contributed by atoms with Gasteiger partial charge in [-0.25, -0.2) is 0 Å². The molecule has 1 aromatic carbocycles. The minimum Gasteiger partial charge on any atom is -0.454 e. The number of halogens is 1. The van der Waals surface area contributed by atoms with Crippen LogP contribution in [0.25, 0.3) is 11.1 Å². The number of anilines is 1. The molecule has 88 valence electrons. The SMILES string of the molecule is Cc1c(-c2cnoc2N)cc2c(c1Cl)OCO2. The average molecular weight is 253 g/mol. The van der Waals surface area contributed by atoms with Crippen LogP contribution in [0, 0.1) is 6.92 Å². The van der Waals surface area contributed by atoms with E-state index in [1.54, 1.807) is 6.20 Å². The van der Waals surface area contributed by atoms with Gasteiger partial charge in [0.15, 0.2) is 11.5 Å². The number of hydrogen-bond donors (Lipinski definition) is 1. The summed E-state index contributed by atoms with van der Waals surface area (Å²) in [5.74, 6) is 1.43. The fraction of sp³-hybridized carbons (Fsp3) is 0.182. The van der Waals surface area contributed by atoms with E-state index in [0.717, 1.165) is 11.1 Å². The molecule has 5 nitrogen and oxygen atoms in total. The van der Waals surface area contributed by atoms with Crippen LogP contribution in [0.3, 0.4) is 0 Å². The van der Waals surface area contributed by atoms with Gasteiger partial charge in [-0.1, -0.05) is 16.8 Å². The summed E-state index contributed by atoms with van der Waals surface area (Å²) in [6, 6.07) is 1.83. The normalized spacial score (nSPS) is 13.1.